The van der Waals surface area contributed by atoms with Gasteiger partial charge in [0, 0.05) is 18.7 Å². The average molecular weight is 498 g/mol. The Morgan fingerprint density at radius 2 is 1.49 bits per heavy atom. The molecule has 0 spiro atoms. The summed E-state index contributed by atoms with van der Waals surface area (Å²) in [5.74, 6) is -1.59. The summed E-state index contributed by atoms with van der Waals surface area (Å²) in [6.07, 6.45) is 0. The lowest BCUT2D eigenvalue weighted by molar-refractivity contribution is -0.139. The largest absolute Gasteiger partial charge is 0.355 e. The van der Waals surface area contributed by atoms with Crippen LogP contribution in [0, 0.1) is 5.82 Å². The van der Waals surface area contributed by atoms with Crippen molar-refractivity contribution in [2.24, 2.45) is 0 Å². The van der Waals surface area contributed by atoms with Crippen LogP contribution in [0.4, 0.5) is 10.1 Å². The molecule has 0 aromatic heterocycles. The smallest absolute Gasteiger partial charge is 0.264 e. The molecule has 0 aliphatic rings. The number of hydrogen-bond donors (Lipinski definition) is 1. The second-order valence-electron chi connectivity index (χ2n) is 7.84. The summed E-state index contributed by atoms with van der Waals surface area (Å²) in [6.45, 7) is 2.86. The van der Waals surface area contributed by atoms with Gasteiger partial charge in [0.25, 0.3) is 10.0 Å². The highest BCUT2D eigenvalue weighted by Crippen LogP contribution is 2.24. The molecule has 0 heterocycles. The summed E-state index contributed by atoms with van der Waals surface area (Å²) in [5.41, 5.74) is 0.510. The lowest BCUT2D eigenvalue weighted by Gasteiger charge is -2.32. The summed E-state index contributed by atoms with van der Waals surface area (Å²) in [7, 11) is -4.11. The normalized spacial score (nSPS) is 12.0. The number of halogens is 1. The summed E-state index contributed by atoms with van der Waals surface area (Å²) in [6, 6.07) is 21.0. The maximum atomic E-state index is 14.4. The van der Waals surface area contributed by atoms with Crippen LogP contribution in [0.25, 0.3) is 0 Å². The Kier molecular flexibility index (Phi) is 8.59. The molecule has 3 aromatic rings. The number of hydrogen-bond acceptors (Lipinski definition) is 4. The van der Waals surface area contributed by atoms with E-state index in [-0.39, 0.29) is 17.0 Å². The second-order valence-corrected chi connectivity index (χ2v) is 9.71. The molecule has 1 N–H and O–H groups in total. The first-order chi connectivity index (χ1) is 16.8. The number of carbonyl (C=O) groups is 2. The topological polar surface area (TPSA) is 86.8 Å². The third-order valence-electron chi connectivity index (χ3n) is 5.47. The Hall–Kier alpha value is -3.72. The first kappa shape index (κ1) is 25.9. The van der Waals surface area contributed by atoms with Crippen molar-refractivity contribution < 1.29 is 22.4 Å². The van der Waals surface area contributed by atoms with E-state index in [4.69, 9.17) is 0 Å². The van der Waals surface area contributed by atoms with Crippen molar-refractivity contribution in [2.45, 2.75) is 31.3 Å². The van der Waals surface area contributed by atoms with E-state index in [1.165, 1.54) is 42.2 Å². The SMILES string of the molecule is CCNC(=O)C(C)N(Cc1ccccc1F)C(=O)CN(c1ccccc1)S(=O)(=O)c1ccccc1. The van der Waals surface area contributed by atoms with Crippen molar-refractivity contribution in [2.75, 3.05) is 17.4 Å². The van der Waals surface area contributed by atoms with Crippen molar-refractivity contribution in [3.05, 3.63) is 96.3 Å². The molecule has 1 unspecified atom stereocenters. The predicted octanol–water partition coefficient (Wildman–Crippen LogP) is 3.57. The van der Waals surface area contributed by atoms with Crippen LogP contribution in [0.5, 0.6) is 0 Å². The van der Waals surface area contributed by atoms with Crippen LogP contribution in [-0.2, 0) is 26.2 Å². The number of amides is 2. The Bertz CT molecular complexity index is 1250. The number of sulfonamides is 1. The quantitative estimate of drug-likeness (QED) is 0.464. The van der Waals surface area contributed by atoms with Gasteiger partial charge in [0.05, 0.1) is 10.6 Å². The maximum absolute atomic E-state index is 14.4. The van der Waals surface area contributed by atoms with Crippen LogP contribution in [-0.4, -0.2) is 44.3 Å². The number of nitrogens with one attached hydrogen (secondary N) is 1. The highest BCUT2D eigenvalue weighted by atomic mass is 32.2. The third kappa shape index (κ3) is 6.24. The molecule has 184 valence electrons. The molecule has 3 rings (SSSR count). The number of carbonyl (C=O) groups excluding carboxylic acids is 2. The molecular formula is C26H28FN3O4S. The van der Waals surface area contributed by atoms with Gasteiger partial charge in [-0.25, -0.2) is 12.8 Å². The molecule has 2 amide bonds. The van der Waals surface area contributed by atoms with Crippen molar-refractivity contribution in [3.63, 3.8) is 0 Å². The van der Waals surface area contributed by atoms with E-state index in [2.05, 4.69) is 5.32 Å². The van der Waals surface area contributed by atoms with Crippen LogP contribution >= 0.6 is 0 Å². The van der Waals surface area contributed by atoms with Gasteiger partial charge < -0.3 is 10.2 Å². The van der Waals surface area contributed by atoms with Gasteiger partial charge in [-0.2, -0.15) is 0 Å². The lowest BCUT2D eigenvalue weighted by Crippen LogP contribution is -2.51. The molecule has 0 aliphatic heterocycles. The van der Waals surface area contributed by atoms with E-state index >= 15 is 0 Å². The van der Waals surface area contributed by atoms with Gasteiger partial charge in [0.1, 0.15) is 18.4 Å². The van der Waals surface area contributed by atoms with E-state index in [9.17, 15) is 22.4 Å². The number of para-hydroxylation sites is 1. The fourth-order valence-corrected chi connectivity index (χ4v) is 4.99. The molecule has 3 aromatic carbocycles. The van der Waals surface area contributed by atoms with Gasteiger partial charge in [0.15, 0.2) is 0 Å². The molecule has 1 atom stereocenters. The van der Waals surface area contributed by atoms with E-state index in [0.717, 1.165) is 4.31 Å². The number of benzene rings is 3. The van der Waals surface area contributed by atoms with Gasteiger partial charge in [-0.1, -0.05) is 54.6 Å². The summed E-state index contributed by atoms with van der Waals surface area (Å²) >= 11 is 0. The molecule has 0 saturated carbocycles. The molecule has 9 heteroatoms. The van der Waals surface area contributed by atoms with Crippen LogP contribution in [0.15, 0.2) is 89.8 Å². The van der Waals surface area contributed by atoms with E-state index in [0.29, 0.717) is 12.2 Å². The molecule has 35 heavy (non-hydrogen) atoms. The fourth-order valence-electron chi connectivity index (χ4n) is 3.56. The molecule has 7 nitrogen and oxygen atoms in total. The zero-order chi connectivity index (χ0) is 25.4. The molecule has 0 saturated heterocycles. The van der Waals surface area contributed by atoms with E-state index in [1.54, 1.807) is 61.5 Å². The van der Waals surface area contributed by atoms with Gasteiger partial charge >= 0.3 is 0 Å². The maximum Gasteiger partial charge on any atom is 0.264 e. The Morgan fingerprint density at radius 1 is 0.914 bits per heavy atom. The first-order valence-corrected chi connectivity index (χ1v) is 12.6. The number of anilines is 1. The zero-order valence-corrected chi connectivity index (χ0v) is 20.4. The average Bonchev–Trinajstić information content (AvgIpc) is 2.87. The molecule has 0 aliphatic carbocycles. The summed E-state index contributed by atoms with van der Waals surface area (Å²) in [5, 5.41) is 2.66. The minimum atomic E-state index is -4.11. The lowest BCUT2D eigenvalue weighted by atomic mass is 10.1. The number of rotatable bonds is 10. The van der Waals surface area contributed by atoms with E-state index in [1.807, 2.05) is 0 Å². The van der Waals surface area contributed by atoms with Crippen molar-refractivity contribution >= 4 is 27.5 Å². The van der Waals surface area contributed by atoms with Crippen molar-refractivity contribution in [3.8, 4) is 0 Å². The first-order valence-electron chi connectivity index (χ1n) is 11.2. The van der Waals surface area contributed by atoms with Gasteiger partial charge in [-0.15, -0.1) is 0 Å². The Morgan fingerprint density at radius 3 is 2.09 bits per heavy atom. The third-order valence-corrected chi connectivity index (χ3v) is 7.26. The molecular weight excluding hydrogens is 469 g/mol. The van der Waals surface area contributed by atoms with Crippen LogP contribution in [0.1, 0.15) is 19.4 Å². The molecule has 0 bridgehead atoms. The predicted molar refractivity (Wildman–Crippen MR) is 133 cm³/mol. The van der Waals surface area contributed by atoms with Crippen molar-refractivity contribution in [1.82, 2.24) is 10.2 Å². The minimum absolute atomic E-state index is 0.0223. The summed E-state index contributed by atoms with van der Waals surface area (Å²) < 4.78 is 42.5. The highest BCUT2D eigenvalue weighted by Gasteiger charge is 2.32. The van der Waals surface area contributed by atoms with Gasteiger partial charge in [-0.3, -0.25) is 13.9 Å². The Balaban J connectivity index is 2.00. The summed E-state index contributed by atoms with van der Waals surface area (Å²) in [4.78, 5) is 27.4. The van der Waals surface area contributed by atoms with Crippen LogP contribution in [0.3, 0.4) is 0 Å². The van der Waals surface area contributed by atoms with Gasteiger partial charge in [0.2, 0.25) is 11.8 Å². The van der Waals surface area contributed by atoms with Crippen molar-refractivity contribution in [1.29, 1.82) is 0 Å². The standard InChI is InChI=1S/C26H28FN3O4S/c1-3-28-26(32)20(2)29(18-21-12-10-11-17-24(21)27)25(31)19-30(22-13-6-4-7-14-22)35(33,34)23-15-8-5-9-16-23/h4-17,20H,3,18-19H2,1-2H3,(H,28,32). The number of nitrogens with zero attached hydrogens (tertiary/aromatic N) is 2. The van der Waals surface area contributed by atoms with Crippen LogP contribution in [0.2, 0.25) is 0 Å². The molecule has 0 fully saturated rings. The zero-order valence-electron chi connectivity index (χ0n) is 19.6. The van der Waals surface area contributed by atoms with E-state index < -0.39 is 40.2 Å². The highest BCUT2D eigenvalue weighted by molar-refractivity contribution is 7.92. The minimum Gasteiger partial charge on any atom is -0.355 e. The fraction of sp³-hybridized carbons (Fsp3) is 0.231. The monoisotopic (exact) mass is 497 g/mol. The molecule has 0 radical (unpaired) electrons. The second kappa shape index (κ2) is 11.6. The Labute approximate surface area is 205 Å². The van der Waals surface area contributed by atoms with Crippen LogP contribution < -0.4 is 9.62 Å². The number of likely N-dealkylation sites (N-methyl/N-ethyl adjacent to an activating group) is 1. The van der Waals surface area contributed by atoms with Gasteiger partial charge in [-0.05, 0) is 44.2 Å².